The Kier molecular flexibility index (Phi) is 5.78. The summed E-state index contributed by atoms with van der Waals surface area (Å²) in [6, 6.07) is 6.93. The minimum absolute atomic E-state index is 0.441. The molecule has 1 aromatic carbocycles. The molecule has 0 aliphatic heterocycles. The number of hydrogen-bond donors (Lipinski definition) is 1. The van der Waals surface area contributed by atoms with Gasteiger partial charge in [-0.25, -0.2) is 0 Å². The summed E-state index contributed by atoms with van der Waals surface area (Å²) in [5, 5.41) is 3.53. The molecule has 1 nitrogen and oxygen atoms in total. The highest BCUT2D eigenvalue weighted by molar-refractivity contribution is 9.10. The monoisotopic (exact) mass is 281 g/mol. The summed E-state index contributed by atoms with van der Waals surface area (Å²) in [5.41, 5.74) is 2.73. The van der Waals surface area contributed by atoms with Crippen molar-refractivity contribution in [1.29, 1.82) is 0 Å². The lowest BCUT2D eigenvalue weighted by molar-refractivity contribution is 0.517. The van der Waals surface area contributed by atoms with Crippen LogP contribution >= 0.6 is 15.9 Å². The van der Waals surface area contributed by atoms with Crippen LogP contribution in [0.25, 0.3) is 0 Å². The molecule has 16 heavy (non-hydrogen) atoms. The molecule has 0 amide bonds. The molecule has 0 radical (unpaired) electrons. The van der Waals surface area contributed by atoms with E-state index in [0.29, 0.717) is 6.04 Å². The number of halogens is 1. The van der Waals surface area contributed by atoms with E-state index in [1.54, 1.807) is 0 Å². The second-order valence-corrected chi connectivity index (χ2v) is 4.89. The van der Waals surface area contributed by atoms with E-state index in [1.807, 2.05) is 6.08 Å². The largest absolute Gasteiger partial charge is 0.310 e. The highest BCUT2D eigenvalue weighted by Gasteiger charge is 2.11. The molecule has 2 heteroatoms. The van der Waals surface area contributed by atoms with Crippen molar-refractivity contribution in [3.8, 4) is 0 Å². The van der Waals surface area contributed by atoms with Gasteiger partial charge in [-0.15, -0.1) is 6.58 Å². The molecular weight excluding hydrogens is 262 g/mol. The summed E-state index contributed by atoms with van der Waals surface area (Å²) in [5.74, 6) is 0. The lowest BCUT2D eigenvalue weighted by atomic mass is 9.97. The molecule has 0 aromatic heterocycles. The smallest absolute Gasteiger partial charge is 0.0325 e. The second kappa shape index (κ2) is 6.87. The maximum Gasteiger partial charge on any atom is 0.0325 e. The Bertz CT molecular complexity index is 347. The van der Waals surface area contributed by atoms with E-state index in [-0.39, 0.29) is 0 Å². The highest BCUT2D eigenvalue weighted by atomic mass is 79.9. The Morgan fingerprint density at radius 3 is 2.81 bits per heavy atom. The summed E-state index contributed by atoms with van der Waals surface area (Å²) in [6.07, 6.45) is 4.14. The molecule has 1 aromatic rings. The standard InChI is InChI=1S/C14H20BrN/c1-4-6-7-14(16-5-2)13-9-8-12(15)10-11(13)3/h4,8-10,14,16H,1,5-7H2,2-3H3. The van der Waals surface area contributed by atoms with Crippen molar-refractivity contribution in [3.63, 3.8) is 0 Å². The Hall–Kier alpha value is -0.600. The highest BCUT2D eigenvalue weighted by Crippen LogP contribution is 2.24. The van der Waals surface area contributed by atoms with Crippen LogP contribution in [0.2, 0.25) is 0 Å². The number of aryl methyl sites for hydroxylation is 1. The third-order valence-corrected chi connectivity index (χ3v) is 3.21. The molecular formula is C14H20BrN. The minimum atomic E-state index is 0.441. The van der Waals surface area contributed by atoms with Crippen molar-refractivity contribution in [3.05, 3.63) is 46.5 Å². The zero-order valence-corrected chi connectivity index (χ0v) is 11.7. The van der Waals surface area contributed by atoms with Crippen LogP contribution in [0.1, 0.15) is 36.9 Å². The number of nitrogens with one attached hydrogen (secondary N) is 1. The summed E-state index contributed by atoms with van der Waals surface area (Å²) < 4.78 is 1.15. The lowest BCUT2D eigenvalue weighted by Crippen LogP contribution is -2.21. The lowest BCUT2D eigenvalue weighted by Gasteiger charge is -2.20. The molecule has 1 N–H and O–H groups in total. The van der Waals surface area contributed by atoms with Crippen LogP contribution in [0.15, 0.2) is 35.3 Å². The number of allylic oxidation sites excluding steroid dienone is 1. The van der Waals surface area contributed by atoms with E-state index < -0.39 is 0 Å². The van der Waals surface area contributed by atoms with E-state index in [0.717, 1.165) is 23.9 Å². The summed E-state index contributed by atoms with van der Waals surface area (Å²) in [6.45, 7) is 9.10. The van der Waals surface area contributed by atoms with Gasteiger partial charge >= 0.3 is 0 Å². The van der Waals surface area contributed by atoms with Gasteiger partial charge in [-0.2, -0.15) is 0 Å². The second-order valence-electron chi connectivity index (χ2n) is 3.98. The summed E-state index contributed by atoms with van der Waals surface area (Å²) >= 11 is 3.50. The Morgan fingerprint density at radius 2 is 2.25 bits per heavy atom. The average molecular weight is 282 g/mol. The Morgan fingerprint density at radius 1 is 1.50 bits per heavy atom. The van der Waals surface area contributed by atoms with Crippen molar-refractivity contribution in [2.75, 3.05) is 6.54 Å². The average Bonchev–Trinajstić information content (AvgIpc) is 2.25. The van der Waals surface area contributed by atoms with Crippen LogP contribution in [0.3, 0.4) is 0 Å². The molecule has 0 spiro atoms. The minimum Gasteiger partial charge on any atom is -0.310 e. The van der Waals surface area contributed by atoms with Gasteiger partial charge in [0.15, 0.2) is 0 Å². The third-order valence-electron chi connectivity index (χ3n) is 2.72. The first-order chi connectivity index (χ1) is 7.69. The topological polar surface area (TPSA) is 12.0 Å². The zero-order valence-electron chi connectivity index (χ0n) is 10.1. The molecule has 0 heterocycles. The predicted molar refractivity (Wildman–Crippen MR) is 74.7 cm³/mol. The summed E-state index contributed by atoms with van der Waals surface area (Å²) in [4.78, 5) is 0. The normalized spacial score (nSPS) is 12.4. The van der Waals surface area contributed by atoms with E-state index in [1.165, 1.54) is 11.1 Å². The fraction of sp³-hybridized carbons (Fsp3) is 0.429. The SMILES string of the molecule is C=CCCC(NCC)c1ccc(Br)cc1C. The number of rotatable bonds is 6. The van der Waals surface area contributed by atoms with E-state index in [4.69, 9.17) is 0 Å². The van der Waals surface area contributed by atoms with Gasteiger partial charge in [-0.05, 0) is 49.6 Å². The molecule has 1 atom stereocenters. The fourth-order valence-corrected chi connectivity index (χ4v) is 2.40. The molecule has 1 unspecified atom stereocenters. The summed E-state index contributed by atoms with van der Waals surface area (Å²) in [7, 11) is 0. The molecule has 0 fully saturated rings. The van der Waals surface area contributed by atoms with Gasteiger partial charge in [0.2, 0.25) is 0 Å². The fourth-order valence-electron chi connectivity index (χ4n) is 1.93. The van der Waals surface area contributed by atoms with E-state index >= 15 is 0 Å². The van der Waals surface area contributed by atoms with Crippen molar-refractivity contribution in [2.24, 2.45) is 0 Å². The van der Waals surface area contributed by atoms with Crippen LogP contribution in [-0.4, -0.2) is 6.54 Å². The van der Waals surface area contributed by atoms with Crippen LogP contribution in [0.4, 0.5) is 0 Å². The predicted octanol–water partition coefficient (Wildman–Crippen LogP) is 4.37. The van der Waals surface area contributed by atoms with Crippen molar-refractivity contribution in [1.82, 2.24) is 5.32 Å². The van der Waals surface area contributed by atoms with Crippen LogP contribution < -0.4 is 5.32 Å². The van der Waals surface area contributed by atoms with Crippen LogP contribution in [0.5, 0.6) is 0 Å². The molecule has 0 saturated heterocycles. The molecule has 0 aliphatic rings. The van der Waals surface area contributed by atoms with Crippen molar-refractivity contribution in [2.45, 2.75) is 32.7 Å². The van der Waals surface area contributed by atoms with Gasteiger partial charge in [0.05, 0.1) is 0 Å². The maximum atomic E-state index is 3.79. The van der Waals surface area contributed by atoms with Crippen LogP contribution in [0, 0.1) is 6.92 Å². The van der Waals surface area contributed by atoms with Crippen LogP contribution in [-0.2, 0) is 0 Å². The number of benzene rings is 1. The van der Waals surface area contributed by atoms with Gasteiger partial charge in [0.25, 0.3) is 0 Å². The first kappa shape index (κ1) is 13.5. The Balaban J connectivity index is 2.86. The quantitative estimate of drug-likeness (QED) is 0.764. The van der Waals surface area contributed by atoms with Gasteiger partial charge < -0.3 is 5.32 Å². The molecule has 0 bridgehead atoms. The first-order valence-corrected chi connectivity index (χ1v) is 6.58. The van der Waals surface area contributed by atoms with E-state index in [9.17, 15) is 0 Å². The maximum absolute atomic E-state index is 3.79. The first-order valence-electron chi connectivity index (χ1n) is 5.79. The van der Waals surface area contributed by atoms with Crippen molar-refractivity contribution < 1.29 is 0 Å². The molecule has 0 saturated carbocycles. The van der Waals surface area contributed by atoms with Gasteiger partial charge in [-0.3, -0.25) is 0 Å². The zero-order chi connectivity index (χ0) is 12.0. The third kappa shape index (κ3) is 3.76. The Labute approximate surface area is 107 Å². The molecule has 0 aliphatic carbocycles. The van der Waals surface area contributed by atoms with E-state index in [2.05, 4.69) is 59.9 Å². The molecule has 1 rings (SSSR count). The van der Waals surface area contributed by atoms with Gasteiger partial charge in [-0.1, -0.05) is 35.0 Å². The van der Waals surface area contributed by atoms with Gasteiger partial charge in [0.1, 0.15) is 0 Å². The van der Waals surface area contributed by atoms with Crippen molar-refractivity contribution >= 4 is 15.9 Å². The molecule has 88 valence electrons. The number of hydrogen-bond acceptors (Lipinski definition) is 1. The van der Waals surface area contributed by atoms with Gasteiger partial charge in [0, 0.05) is 10.5 Å².